The highest BCUT2D eigenvalue weighted by atomic mass is 35.5. The Balaban J connectivity index is 2.40. The minimum atomic E-state index is -0.245. The van der Waals surface area contributed by atoms with Gasteiger partial charge in [0.15, 0.2) is 0 Å². The molecule has 1 aromatic carbocycles. The van der Waals surface area contributed by atoms with E-state index in [0.29, 0.717) is 22.3 Å². The van der Waals surface area contributed by atoms with E-state index in [1.807, 2.05) is 0 Å². The number of hydrogen-bond acceptors (Lipinski definition) is 1. The van der Waals surface area contributed by atoms with Crippen molar-refractivity contribution in [3.8, 4) is 0 Å². The van der Waals surface area contributed by atoms with Crippen molar-refractivity contribution < 1.29 is 4.79 Å². The fourth-order valence-corrected chi connectivity index (χ4v) is 1.79. The lowest BCUT2D eigenvalue weighted by atomic mass is 10.2. The maximum absolute atomic E-state index is 11.5. The molecule has 0 aromatic heterocycles. The number of carbonyl (C=O) groups excluding carboxylic acids is 1. The number of nitrogens with one attached hydrogen (secondary N) is 2. The summed E-state index contributed by atoms with van der Waals surface area (Å²) in [5.41, 5.74) is 0.559. The van der Waals surface area contributed by atoms with Crippen LogP contribution in [0.25, 0.3) is 0 Å². The van der Waals surface area contributed by atoms with Gasteiger partial charge in [-0.25, -0.2) is 4.79 Å². The van der Waals surface area contributed by atoms with E-state index >= 15 is 0 Å². The van der Waals surface area contributed by atoms with Crippen molar-refractivity contribution in [2.24, 2.45) is 0 Å². The third kappa shape index (κ3) is 5.29. The van der Waals surface area contributed by atoms with Gasteiger partial charge in [-0.2, -0.15) is 0 Å². The Morgan fingerprint density at radius 3 is 2.71 bits per heavy atom. The molecule has 0 fully saturated rings. The second-order valence-electron chi connectivity index (χ2n) is 3.71. The summed E-state index contributed by atoms with van der Waals surface area (Å²) in [7, 11) is 0. The Labute approximate surface area is 111 Å². The maximum atomic E-state index is 11.5. The first-order chi connectivity index (χ1) is 8.13. The van der Waals surface area contributed by atoms with Gasteiger partial charge in [0.25, 0.3) is 0 Å². The minimum absolute atomic E-state index is 0.245. The second kappa shape index (κ2) is 7.41. The first-order valence-electron chi connectivity index (χ1n) is 5.63. The molecule has 0 heterocycles. The van der Waals surface area contributed by atoms with Crippen LogP contribution in [0.4, 0.5) is 10.5 Å². The highest BCUT2D eigenvalue weighted by Gasteiger charge is 2.05. The van der Waals surface area contributed by atoms with E-state index in [-0.39, 0.29) is 6.03 Å². The first kappa shape index (κ1) is 14.1. The van der Waals surface area contributed by atoms with Crippen LogP contribution < -0.4 is 10.6 Å². The molecule has 0 radical (unpaired) electrons. The Morgan fingerprint density at radius 2 is 2.06 bits per heavy atom. The van der Waals surface area contributed by atoms with Crippen LogP contribution in [0.15, 0.2) is 18.2 Å². The highest BCUT2D eigenvalue weighted by Crippen LogP contribution is 2.25. The van der Waals surface area contributed by atoms with Crippen molar-refractivity contribution >= 4 is 34.9 Å². The van der Waals surface area contributed by atoms with Crippen LogP contribution in [-0.4, -0.2) is 12.6 Å². The zero-order valence-electron chi connectivity index (χ0n) is 9.72. The van der Waals surface area contributed by atoms with Gasteiger partial charge in [0.2, 0.25) is 0 Å². The van der Waals surface area contributed by atoms with Crippen LogP contribution in [-0.2, 0) is 0 Å². The van der Waals surface area contributed by atoms with Crippen LogP contribution in [0.5, 0.6) is 0 Å². The maximum Gasteiger partial charge on any atom is 0.319 e. The molecule has 0 saturated heterocycles. The first-order valence-corrected chi connectivity index (χ1v) is 6.39. The standard InChI is InChI=1S/C12H16Cl2N2O/c1-2-3-4-7-15-12(17)16-11-6-5-9(13)8-10(11)14/h5-6,8H,2-4,7H2,1H3,(H2,15,16,17). The van der Waals surface area contributed by atoms with Gasteiger partial charge < -0.3 is 10.6 Å². The van der Waals surface area contributed by atoms with Crippen LogP contribution in [0.1, 0.15) is 26.2 Å². The van der Waals surface area contributed by atoms with Crippen molar-refractivity contribution in [1.29, 1.82) is 0 Å². The number of halogens is 2. The molecule has 2 amide bonds. The molecule has 0 unspecified atom stereocenters. The van der Waals surface area contributed by atoms with Crippen LogP contribution in [0.2, 0.25) is 10.0 Å². The predicted octanol–water partition coefficient (Wildman–Crippen LogP) is 4.31. The van der Waals surface area contributed by atoms with Crippen LogP contribution in [0, 0.1) is 0 Å². The van der Waals surface area contributed by atoms with Gasteiger partial charge >= 0.3 is 6.03 Å². The van der Waals surface area contributed by atoms with E-state index in [9.17, 15) is 4.79 Å². The lowest BCUT2D eigenvalue weighted by Gasteiger charge is -2.08. The molecule has 5 heteroatoms. The van der Waals surface area contributed by atoms with Gasteiger partial charge in [-0.3, -0.25) is 0 Å². The normalized spacial score (nSPS) is 10.1. The monoisotopic (exact) mass is 274 g/mol. The lowest BCUT2D eigenvalue weighted by Crippen LogP contribution is -2.29. The molecule has 0 aliphatic carbocycles. The molecule has 0 aliphatic rings. The number of unbranched alkanes of at least 4 members (excludes halogenated alkanes) is 2. The number of benzene rings is 1. The molecule has 0 aliphatic heterocycles. The zero-order valence-corrected chi connectivity index (χ0v) is 11.2. The number of hydrogen-bond donors (Lipinski definition) is 2. The van der Waals surface area contributed by atoms with Gasteiger partial charge in [-0.05, 0) is 24.6 Å². The third-order valence-electron chi connectivity index (χ3n) is 2.25. The van der Waals surface area contributed by atoms with Gasteiger partial charge in [0.05, 0.1) is 10.7 Å². The zero-order chi connectivity index (χ0) is 12.7. The SMILES string of the molecule is CCCCCNC(=O)Nc1ccc(Cl)cc1Cl. The molecule has 0 bridgehead atoms. The average molecular weight is 275 g/mol. The Bertz CT molecular complexity index is 383. The largest absolute Gasteiger partial charge is 0.338 e. The number of anilines is 1. The molecular formula is C12H16Cl2N2O. The Kier molecular flexibility index (Phi) is 6.16. The number of rotatable bonds is 5. The summed E-state index contributed by atoms with van der Waals surface area (Å²) in [6.07, 6.45) is 3.23. The molecule has 3 nitrogen and oxygen atoms in total. The summed E-state index contributed by atoms with van der Waals surface area (Å²) in [5, 5.41) is 6.42. The fourth-order valence-electron chi connectivity index (χ4n) is 1.33. The summed E-state index contributed by atoms with van der Waals surface area (Å²) in [4.78, 5) is 11.5. The molecule has 1 rings (SSSR count). The molecule has 0 atom stereocenters. The van der Waals surface area contributed by atoms with Crippen molar-refractivity contribution in [2.75, 3.05) is 11.9 Å². The van der Waals surface area contributed by atoms with E-state index in [2.05, 4.69) is 17.6 Å². The van der Waals surface area contributed by atoms with Crippen molar-refractivity contribution in [2.45, 2.75) is 26.2 Å². The fraction of sp³-hybridized carbons (Fsp3) is 0.417. The minimum Gasteiger partial charge on any atom is -0.338 e. The van der Waals surface area contributed by atoms with Crippen LogP contribution >= 0.6 is 23.2 Å². The molecular weight excluding hydrogens is 259 g/mol. The van der Waals surface area contributed by atoms with Gasteiger partial charge in [0.1, 0.15) is 0 Å². The predicted molar refractivity (Wildman–Crippen MR) is 73.0 cm³/mol. The highest BCUT2D eigenvalue weighted by molar-refractivity contribution is 6.36. The van der Waals surface area contributed by atoms with Gasteiger partial charge in [-0.15, -0.1) is 0 Å². The summed E-state index contributed by atoms with van der Waals surface area (Å²) in [6, 6.07) is 4.71. The van der Waals surface area contributed by atoms with E-state index < -0.39 is 0 Å². The number of urea groups is 1. The van der Waals surface area contributed by atoms with Gasteiger partial charge in [-0.1, -0.05) is 43.0 Å². The number of carbonyl (C=O) groups is 1. The quantitative estimate of drug-likeness (QED) is 0.772. The summed E-state index contributed by atoms with van der Waals surface area (Å²) in [5.74, 6) is 0. The Hall–Kier alpha value is -0.930. The van der Waals surface area contributed by atoms with Crippen molar-refractivity contribution in [3.05, 3.63) is 28.2 Å². The molecule has 94 valence electrons. The average Bonchev–Trinajstić information content (AvgIpc) is 2.28. The number of amides is 2. The van der Waals surface area contributed by atoms with E-state index in [0.717, 1.165) is 19.3 Å². The lowest BCUT2D eigenvalue weighted by molar-refractivity contribution is 0.252. The molecule has 17 heavy (non-hydrogen) atoms. The molecule has 0 saturated carbocycles. The molecule has 1 aromatic rings. The Morgan fingerprint density at radius 1 is 1.29 bits per heavy atom. The molecule has 2 N–H and O–H groups in total. The third-order valence-corrected chi connectivity index (χ3v) is 2.79. The summed E-state index contributed by atoms with van der Waals surface area (Å²) >= 11 is 11.7. The van der Waals surface area contributed by atoms with Gasteiger partial charge in [0, 0.05) is 11.6 Å². The topological polar surface area (TPSA) is 41.1 Å². The van der Waals surface area contributed by atoms with Crippen molar-refractivity contribution in [1.82, 2.24) is 5.32 Å². The van der Waals surface area contributed by atoms with E-state index in [1.165, 1.54) is 0 Å². The van der Waals surface area contributed by atoms with Crippen LogP contribution in [0.3, 0.4) is 0 Å². The van der Waals surface area contributed by atoms with Crippen molar-refractivity contribution in [3.63, 3.8) is 0 Å². The van der Waals surface area contributed by atoms with E-state index in [1.54, 1.807) is 18.2 Å². The van der Waals surface area contributed by atoms with E-state index in [4.69, 9.17) is 23.2 Å². The summed E-state index contributed by atoms with van der Waals surface area (Å²) < 4.78 is 0. The summed E-state index contributed by atoms with van der Waals surface area (Å²) in [6.45, 7) is 2.79. The molecule has 0 spiro atoms. The second-order valence-corrected chi connectivity index (χ2v) is 4.56. The smallest absolute Gasteiger partial charge is 0.319 e.